The number of esters is 1. The van der Waals surface area contributed by atoms with Gasteiger partial charge in [0.1, 0.15) is 6.54 Å². The minimum atomic E-state index is -0.642. The number of fused-ring (bicyclic) bond motifs is 1. The fourth-order valence-electron chi connectivity index (χ4n) is 2.60. The van der Waals surface area contributed by atoms with E-state index in [1.54, 1.807) is 40.5 Å². The Morgan fingerprint density at radius 1 is 1.19 bits per heavy atom. The summed E-state index contributed by atoms with van der Waals surface area (Å²) in [7, 11) is 0. The highest BCUT2D eigenvalue weighted by Gasteiger charge is 2.22. The van der Waals surface area contributed by atoms with Crippen LogP contribution in [0.4, 0.5) is 0 Å². The minimum Gasteiger partial charge on any atom is -0.454 e. The molecule has 3 rings (SSSR count). The first kappa shape index (κ1) is 18.6. The highest BCUT2D eigenvalue weighted by atomic mass is 79.9. The van der Waals surface area contributed by atoms with E-state index in [2.05, 4.69) is 21.2 Å². The minimum absolute atomic E-state index is 0.227. The van der Waals surface area contributed by atoms with Crippen molar-refractivity contribution >= 4 is 45.1 Å². The summed E-state index contributed by atoms with van der Waals surface area (Å²) in [6.07, 6.45) is 0.829. The Morgan fingerprint density at radius 3 is 2.73 bits per heavy atom. The van der Waals surface area contributed by atoms with Gasteiger partial charge >= 0.3 is 5.97 Å². The monoisotopic (exact) mass is 436 g/mol. The lowest BCUT2D eigenvalue weighted by Gasteiger charge is -2.26. The van der Waals surface area contributed by atoms with Crippen LogP contribution in [-0.2, 0) is 27.3 Å². The number of carbonyl (C=O) groups is 3. The molecular formula is C18H17BrN2O4S. The summed E-state index contributed by atoms with van der Waals surface area (Å²) in [5.41, 5.74) is 1.60. The van der Waals surface area contributed by atoms with Gasteiger partial charge in [-0.2, -0.15) is 0 Å². The molecule has 0 aliphatic carbocycles. The fourth-order valence-corrected chi connectivity index (χ4v) is 3.76. The summed E-state index contributed by atoms with van der Waals surface area (Å²) in [5.74, 6) is -1.24. The molecule has 0 saturated carbocycles. The molecule has 6 nitrogen and oxygen atoms in total. The van der Waals surface area contributed by atoms with E-state index in [9.17, 15) is 14.4 Å². The third-order valence-corrected chi connectivity index (χ3v) is 5.57. The van der Waals surface area contributed by atoms with Gasteiger partial charge in [-0.05, 0) is 47.7 Å². The summed E-state index contributed by atoms with van der Waals surface area (Å²) in [6.45, 7) is 0.586. The van der Waals surface area contributed by atoms with Crippen LogP contribution in [0.15, 0.2) is 40.2 Å². The van der Waals surface area contributed by atoms with Crippen molar-refractivity contribution in [2.24, 2.45) is 0 Å². The first-order valence-corrected chi connectivity index (χ1v) is 9.72. The molecule has 1 aliphatic heterocycles. The molecule has 1 aromatic carbocycles. The summed E-state index contributed by atoms with van der Waals surface area (Å²) < 4.78 is 5.84. The lowest BCUT2D eigenvalue weighted by molar-refractivity contribution is -0.151. The van der Waals surface area contributed by atoms with Crippen LogP contribution in [0, 0.1) is 0 Å². The second-order valence-electron chi connectivity index (χ2n) is 5.78. The van der Waals surface area contributed by atoms with Crippen molar-refractivity contribution in [3.05, 3.63) is 56.2 Å². The number of nitrogens with zero attached hydrogens (tertiary/aromatic N) is 1. The zero-order valence-electron chi connectivity index (χ0n) is 13.9. The number of ether oxygens (including phenoxy) is 1. The molecule has 1 N–H and O–H groups in total. The number of thiophene rings is 1. The number of carbonyl (C=O) groups excluding carboxylic acids is 3. The maximum absolute atomic E-state index is 12.2. The lowest BCUT2D eigenvalue weighted by Crippen LogP contribution is -2.39. The van der Waals surface area contributed by atoms with E-state index >= 15 is 0 Å². The highest BCUT2D eigenvalue weighted by Crippen LogP contribution is 2.23. The SMILES string of the molecule is O=C(CNC(=O)c1ccc(Br)cc1)OCC(=O)N1CCc2sccc2C1. The molecule has 0 atom stereocenters. The zero-order chi connectivity index (χ0) is 18.5. The quantitative estimate of drug-likeness (QED) is 0.729. The number of amides is 2. The normalized spacial score (nSPS) is 13.0. The van der Waals surface area contributed by atoms with Gasteiger partial charge in [-0.15, -0.1) is 11.3 Å². The number of halogens is 1. The van der Waals surface area contributed by atoms with Gasteiger partial charge < -0.3 is 15.0 Å². The van der Waals surface area contributed by atoms with E-state index < -0.39 is 5.97 Å². The average molecular weight is 437 g/mol. The van der Waals surface area contributed by atoms with Crippen LogP contribution >= 0.6 is 27.3 Å². The molecule has 136 valence electrons. The molecule has 0 bridgehead atoms. The Kier molecular flexibility index (Phi) is 6.05. The molecule has 0 spiro atoms. The van der Waals surface area contributed by atoms with Crippen molar-refractivity contribution in [3.63, 3.8) is 0 Å². The van der Waals surface area contributed by atoms with Crippen LogP contribution < -0.4 is 5.32 Å². The zero-order valence-corrected chi connectivity index (χ0v) is 16.3. The highest BCUT2D eigenvalue weighted by molar-refractivity contribution is 9.10. The molecule has 2 aromatic rings. The predicted octanol–water partition coefficient (Wildman–Crippen LogP) is 2.37. The van der Waals surface area contributed by atoms with Crippen LogP contribution in [0.5, 0.6) is 0 Å². The van der Waals surface area contributed by atoms with Gasteiger partial charge in [-0.1, -0.05) is 15.9 Å². The largest absolute Gasteiger partial charge is 0.454 e. The molecule has 26 heavy (non-hydrogen) atoms. The van der Waals surface area contributed by atoms with E-state index in [1.807, 2.05) is 11.4 Å². The predicted molar refractivity (Wildman–Crippen MR) is 101 cm³/mol. The number of nitrogens with one attached hydrogen (secondary N) is 1. The van der Waals surface area contributed by atoms with Crippen LogP contribution in [0.1, 0.15) is 20.8 Å². The Balaban J connectivity index is 1.40. The first-order chi connectivity index (χ1) is 12.5. The summed E-state index contributed by atoms with van der Waals surface area (Å²) >= 11 is 4.99. The van der Waals surface area contributed by atoms with Gasteiger partial charge in [0, 0.05) is 28.0 Å². The molecule has 1 aromatic heterocycles. The van der Waals surface area contributed by atoms with Gasteiger partial charge in [0.2, 0.25) is 0 Å². The molecule has 8 heteroatoms. The summed E-state index contributed by atoms with van der Waals surface area (Å²) in [4.78, 5) is 38.9. The van der Waals surface area contributed by atoms with Gasteiger partial charge in [0.15, 0.2) is 6.61 Å². The van der Waals surface area contributed by atoms with Crippen molar-refractivity contribution < 1.29 is 19.1 Å². The first-order valence-electron chi connectivity index (χ1n) is 8.05. The van der Waals surface area contributed by atoms with Crippen LogP contribution in [0.25, 0.3) is 0 Å². The molecule has 1 aliphatic rings. The molecule has 0 unspecified atom stereocenters. The van der Waals surface area contributed by atoms with Crippen molar-refractivity contribution in [2.45, 2.75) is 13.0 Å². The topological polar surface area (TPSA) is 75.7 Å². The molecule has 2 amide bonds. The summed E-state index contributed by atoms with van der Waals surface area (Å²) in [5, 5.41) is 4.50. The number of rotatable bonds is 5. The van der Waals surface area contributed by atoms with Crippen molar-refractivity contribution in [1.82, 2.24) is 10.2 Å². The third-order valence-electron chi connectivity index (χ3n) is 4.02. The van der Waals surface area contributed by atoms with Crippen LogP contribution in [-0.4, -0.2) is 42.4 Å². The second-order valence-corrected chi connectivity index (χ2v) is 7.70. The van der Waals surface area contributed by atoms with Crippen molar-refractivity contribution in [1.29, 1.82) is 0 Å². The van der Waals surface area contributed by atoms with E-state index in [4.69, 9.17) is 4.74 Å². The molecule has 2 heterocycles. The maximum atomic E-state index is 12.2. The lowest BCUT2D eigenvalue weighted by atomic mass is 10.1. The van der Waals surface area contributed by atoms with Crippen LogP contribution in [0.2, 0.25) is 0 Å². The van der Waals surface area contributed by atoms with Gasteiger partial charge in [-0.25, -0.2) is 0 Å². The Morgan fingerprint density at radius 2 is 1.96 bits per heavy atom. The van der Waals surface area contributed by atoms with E-state index in [0.717, 1.165) is 16.5 Å². The molecular weight excluding hydrogens is 420 g/mol. The van der Waals surface area contributed by atoms with Crippen LogP contribution in [0.3, 0.4) is 0 Å². The van der Waals surface area contributed by atoms with E-state index in [1.165, 1.54) is 4.88 Å². The van der Waals surface area contributed by atoms with Crippen molar-refractivity contribution in [3.8, 4) is 0 Å². The average Bonchev–Trinajstić information content (AvgIpc) is 3.12. The Labute approximate surface area is 163 Å². The van der Waals surface area contributed by atoms with Gasteiger partial charge in [0.25, 0.3) is 11.8 Å². The maximum Gasteiger partial charge on any atom is 0.325 e. The van der Waals surface area contributed by atoms with Gasteiger partial charge in [0.05, 0.1) is 0 Å². The Bertz CT molecular complexity index is 819. The van der Waals surface area contributed by atoms with Gasteiger partial charge in [-0.3, -0.25) is 14.4 Å². The summed E-state index contributed by atoms with van der Waals surface area (Å²) in [6, 6.07) is 8.78. The molecule has 0 saturated heterocycles. The van der Waals surface area contributed by atoms with E-state index in [-0.39, 0.29) is 25.0 Å². The van der Waals surface area contributed by atoms with E-state index in [0.29, 0.717) is 18.7 Å². The smallest absolute Gasteiger partial charge is 0.325 e. The number of hydrogen-bond donors (Lipinski definition) is 1. The fraction of sp³-hybridized carbons (Fsp3) is 0.278. The molecule has 0 radical (unpaired) electrons. The third kappa shape index (κ3) is 4.70. The number of benzene rings is 1. The van der Waals surface area contributed by atoms with Crippen molar-refractivity contribution in [2.75, 3.05) is 19.7 Å². The standard InChI is InChI=1S/C18H17BrN2O4S/c19-14-3-1-12(2-4-14)18(24)20-9-17(23)25-11-16(22)21-7-5-15-13(10-21)6-8-26-15/h1-4,6,8H,5,7,9-11H2,(H,20,24). The number of hydrogen-bond acceptors (Lipinski definition) is 5. The molecule has 0 fully saturated rings. The Hall–Kier alpha value is -2.19. The second kappa shape index (κ2) is 8.46.